The fraction of sp³-hybridized carbons (Fsp3) is 0.364. The molecule has 94 valence electrons. The van der Waals surface area contributed by atoms with Gasteiger partial charge in [0.2, 0.25) is 6.39 Å². The number of pyridine rings is 1. The summed E-state index contributed by atoms with van der Waals surface area (Å²) in [6, 6.07) is 1.43. The van der Waals surface area contributed by atoms with Crippen LogP contribution in [0.3, 0.4) is 0 Å². The number of ether oxygens (including phenoxy) is 1. The standard InChI is InChI=1S/C11H11FN4O2/c12-8-5-9(16-1-3-17-4-2-16)10(13-6-8)11-15-14-7-18-11/h5-7H,1-4H2. The van der Waals surface area contributed by atoms with Gasteiger partial charge in [0.1, 0.15) is 5.82 Å². The van der Waals surface area contributed by atoms with Gasteiger partial charge in [-0.25, -0.2) is 9.37 Å². The minimum Gasteiger partial charge on any atom is -0.422 e. The summed E-state index contributed by atoms with van der Waals surface area (Å²) >= 11 is 0. The van der Waals surface area contributed by atoms with Crippen LogP contribution < -0.4 is 4.90 Å². The molecule has 0 bridgehead atoms. The molecule has 7 heteroatoms. The molecule has 2 aromatic heterocycles. The summed E-state index contributed by atoms with van der Waals surface area (Å²) in [6.45, 7) is 2.60. The van der Waals surface area contributed by atoms with E-state index in [0.717, 1.165) is 6.20 Å². The maximum Gasteiger partial charge on any atom is 0.268 e. The van der Waals surface area contributed by atoms with Gasteiger partial charge in [-0.05, 0) is 0 Å². The summed E-state index contributed by atoms with van der Waals surface area (Å²) in [4.78, 5) is 6.04. The Morgan fingerprint density at radius 1 is 1.28 bits per heavy atom. The van der Waals surface area contributed by atoms with Crippen LogP contribution in [0.1, 0.15) is 0 Å². The molecule has 0 unspecified atom stereocenters. The number of anilines is 1. The van der Waals surface area contributed by atoms with Gasteiger partial charge in [-0.2, -0.15) is 0 Å². The van der Waals surface area contributed by atoms with Crippen LogP contribution in [-0.2, 0) is 4.74 Å². The molecule has 0 aliphatic carbocycles. The van der Waals surface area contributed by atoms with Gasteiger partial charge in [0.15, 0.2) is 5.69 Å². The number of hydrogen-bond donors (Lipinski definition) is 0. The first-order chi connectivity index (χ1) is 8.84. The van der Waals surface area contributed by atoms with E-state index in [2.05, 4.69) is 15.2 Å². The third kappa shape index (κ3) is 2.04. The molecule has 3 rings (SSSR count). The summed E-state index contributed by atoms with van der Waals surface area (Å²) < 4.78 is 23.8. The van der Waals surface area contributed by atoms with Crippen molar-refractivity contribution in [3.8, 4) is 11.6 Å². The smallest absolute Gasteiger partial charge is 0.268 e. The van der Waals surface area contributed by atoms with Crippen LogP contribution >= 0.6 is 0 Å². The van der Waals surface area contributed by atoms with Crippen molar-refractivity contribution in [1.29, 1.82) is 0 Å². The highest BCUT2D eigenvalue weighted by atomic mass is 19.1. The van der Waals surface area contributed by atoms with E-state index in [1.807, 2.05) is 4.90 Å². The number of hydrogen-bond acceptors (Lipinski definition) is 6. The Hall–Kier alpha value is -2.02. The Labute approximate surface area is 102 Å². The Bertz CT molecular complexity index is 526. The summed E-state index contributed by atoms with van der Waals surface area (Å²) in [6.07, 6.45) is 2.37. The zero-order valence-corrected chi connectivity index (χ0v) is 9.54. The molecule has 0 spiro atoms. The average Bonchev–Trinajstić information content (AvgIpc) is 2.93. The molecular weight excluding hydrogens is 239 g/mol. The van der Waals surface area contributed by atoms with Gasteiger partial charge in [-0.3, -0.25) is 0 Å². The molecule has 1 aliphatic rings. The number of nitrogens with zero attached hydrogens (tertiary/aromatic N) is 4. The van der Waals surface area contributed by atoms with Crippen LogP contribution in [0.2, 0.25) is 0 Å². The van der Waals surface area contributed by atoms with Gasteiger partial charge >= 0.3 is 0 Å². The second-order valence-electron chi connectivity index (χ2n) is 3.86. The maximum absolute atomic E-state index is 13.4. The van der Waals surface area contributed by atoms with E-state index in [4.69, 9.17) is 9.15 Å². The monoisotopic (exact) mass is 250 g/mol. The molecule has 6 nitrogen and oxygen atoms in total. The average molecular weight is 250 g/mol. The zero-order valence-electron chi connectivity index (χ0n) is 9.54. The van der Waals surface area contributed by atoms with E-state index < -0.39 is 0 Å². The molecular formula is C11H11FN4O2. The molecule has 1 saturated heterocycles. The Morgan fingerprint density at radius 3 is 2.83 bits per heavy atom. The second kappa shape index (κ2) is 4.69. The van der Waals surface area contributed by atoms with Gasteiger partial charge in [-0.15, -0.1) is 10.2 Å². The molecule has 1 aliphatic heterocycles. The van der Waals surface area contributed by atoms with Crippen LogP contribution in [0.5, 0.6) is 0 Å². The quantitative estimate of drug-likeness (QED) is 0.795. The molecule has 3 heterocycles. The molecule has 0 atom stereocenters. The minimum atomic E-state index is -0.389. The zero-order chi connectivity index (χ0) is 12.4. The fourth-order valence-corrected chi connectivity index (χ4v) is 1.91. The lowest BCUT2D eigenvalue weighted by atomic mass is 10.2. The minimum absolute atomic E-state index is 0.288. The van der Waals surface area contributed by atoms with Gasteiger partial charge in [0.25, 0.3) is 5.89 Å². The van der Waals surface area contributed by atoms with E-state index in [-0.39, 0.29) is 11.7 Å². The van der Waals surface area contributed by atoms with Crippen molar-refractivity contribution in [3.63, 3.8) is 0 Å². The van der Waals surface area contributed by atoms with Gasteiger partial charge in [0.05, 0.1) is 25.1 Å². The number of aromatic nitrogens is 3. The summed E-state index contributed by atoms with van der Waals surface area (Å²) in [5.74, 6) is -0.101. The molecule has 0 radical (unpaired) electrons. The lowest BCUT2D eigenvalue weighted by Gasteiger charge is -2.29. The Balaban J connectivity index is 2.03. The normalized spacial score (nSPS) is 15.9. The molecule has 0 aromatic carbocycles. The SMILES string of the molecule is Fc1cnc(-c2nnco2)c(N2CCOCC2)c1. The van der Waals surface area contributed by atoms with Crippen molar-refractivity contribution in [2.75, 3.05) is 31.2 Å². The van der Waals surface area contributed by atoms with E-state index >= 15 is 0 Å². The summed E-state index contributed by atoms with van der Waals surface area (Å²) in [5.41, 5.74) is 1.15. The second-order valence-corrected chi connectivity index (χ2v) is 3.86. The predicted molar refractivity (Wildman–Crippen MR) is 60.5 cm³/mol. The van der Waals surface area contributed by atoms with Crippen molar-refractivity contribution in [3.05, 3.63) is 24.5 Å². The van der Waals surface area contributed by atoms with Gasteiger partial charge < -0.3 is 14.1 Å². The van der Waals surface area contributed by atoms with Crippen molar-refractivity contribution in [1.82, 2.24) is 15.2 Å². The largest absolute Gasteiger partial charge is 0.422 e. The lowest BCUT2D eigenvalue weighted by molar-refractivity contribution is 0.122. The maximum atomic E-state index is 13.4. The van der Waals surface area contributed by atoms with Crippen molar-refractivity contribution < 1.29 is 13.5 Å². The van der Waals surface area contributed by atoms with Gasteiger partial charge in [-0.1, -0.05) is 0 Å². The Morgan fingerprint density at radius 2 is 2.11 bits per heavy atom. The van der Waals surface area contributed by atoms with Crippen LogP contribution in [0, 0.1) is 5.82 Å². The fourth-order valence-electron chi connectivity index (χ4n) is 1.91. The molecule has 0 N–H and O–H groups in total. The highest BCUT2D eigenvalue weighted by Crippen LogP contribution is 2.28. The number of rotatable bonds is 2. The van der Waals surface area contributed by atoms with Crippen molar-refractivity contribution in [2.45, 2.75) is 0 Å². The summed E-state index contributed by atoms with van der Waals surface area (Å²) in [7, 11) is 0. The highest BCUT2D eigenvalue weighted by Gasteiger charge is 2.20. The van der Waals surface area contributed by atoms with Gasteiger partial charge in [0, 0.05) is 19.2 Å². The third-order valence-corrected chi connectivity index (χ3v) is 2.75. The number of morpholine rings is 1. The van der Waals surface area contributed by atoms with Crippen molar-refractivity contribution in [2.24, 2.45) is 0 Å². The molecule has 0 amide bonds. The van der Waals surface area contributed by atoms with Crippen LogP contribution in [0.25, 0.3) is 11.6 Å². The highest BCUT2D eigenvalue weighted by molar-refractivity contribution is 5.69. The van der Waals surface area contributed by atoms with E-state index in [0.29, 0.717) is 37.7 Å². The van der Waals surface area contributed by atoms with Crippen LogP contribution in [0.15, 0.2) is 23.1 Å². The third-order valence-electron chi connectivity index (χ3n) is 2.75. The molecule has 2 aromatic rings. The molecule has 18 heavy (non-hydrogen) atoms. The first-order valence-corrected chi connectivity index (χ1v) is 5.59. The van der Waals surface area contributed by atoms with Crippen LogP contribution in [0.4, 0.5) is 10.1 Å². The summed E-state index contributed by atoms with van der Waals surface area (Å²) in [5, 5.41) is 7.43. The Kier molecular flexibility index (Phi) is 2.89. The first-order valence-electron chi connectivity index (χ1n) is 5.59. The van der Waals surface area contributed by atoms with E-state index in [1.54, 1.807) is 0 Å². The predicted octanol–water partition coefficient (Wildman–Crippen LogP) is 1.11. The lowest BCUT2D eigenvalue weighted by Crippen LogP contribution is -2.36. The van der Waals surface area contributed by atoms with E-state index in [9.17, 15) is 4.39 Å². The first kappa shape index (κ1) is 11.1. The van der Waals surface area contributed by atoms with E-state index in [1.165, 1.54) is 12.5 Å². The number of halogens is 1. The molecule has 0 saturated carbocycles. The van der Waals surface area contributed by atoms with Crippen LogP contribution in [-0.4, -0.2) is 41.5 Å². The molecule has 1 fully saturated rings. The van der Waals surface area contributed by atoms with Crippen molar-refractivity contribution >= 4 is 5.69 Å². The topological polar surface area (TPSA) is 64.3 Å².